The van der Waals surface area contributed by atoms with E-state index in [2.05, 4.69) is 10.3 Å². The number of halogens is 2. The number of nitrogens with one attached hydrogen (secondary N) is 1. The molecular formula is C16H18F2N2. The van der Waals surface area contributed by atoms with Gasteiger partial charge in [0.05, 0.1) is 6.04 Å². The molecule has 0 saturated carbocycles. The number of benzene rings is 1. The molecule has 1 atom stereocenters. The van der Waals surface area contributed by atoms with Crippen molar-refractivity contribution in [1.82, 2.24) is 10.3 Å². The van der Waals surface area contributed by atoms with Gasteiger partial charge in [0.2, 0.25) is 0 Å². The summed E-state index contributed by atoms with van der Waals surface area (Å²) in [6, 6.07) is 5.75. The van der Waals surface area contributed by atoms with Gasteiger partial charge in [-0.2, -0.15) is 0 Å². The molecule has 0 fully saturated rings. The van der Waals surface area contributed by atoms with Crippen LogP contribution in [-0.4, -0.2) is 11.5 Å². The molecule has 0 aliphatic rings. The van der Waals surface area contributed by atoms with Gasteiger partial charge in [-0.15, -0.1) is 0 Å². The minimum Gasteiger partial charge on any atom is -0.306 e. The van der Waals surface area contributed by atoms with Crippen LogP contribution in [0.25, 0.3) is 0 Å². The number of rotatable bonds is 5. The fourth-order valence-electron chi connectivity index (χ4n) is 2.20. The Labute approximate surface area is 117 Å². The van der Waals surface area contributed by atoms with Crippen molar-refractivity contribution in [2.75, 3.05) is 6.54 Å². The highest BCUT2D eigenvalue weighted by Crippen LogP contribution is 2.27. The molecule has 0 aliphatic carbocycles. The van der Waals surface area contributed by atoms with Gasteiger partial charge in [0.25, 0.3) is 0 Å². The normalized spacial score (nSPS) is 12.4. The van der Waals surface area contributed by atoms with E-state index in [9.17, 15) is 8.78 Å². The van der Waals surface area contributed by atoms with Gasteiger partial charge >= 0.3 is 0 Å². The molecule has 1 heterocycles. The van der Waals surface area contributed by atoms with Crippen LogP contribution in [0.3, 0.4) is 0 Å². The van der Waals surface area contributed by atoms with Crippen molar-refractivity contribution < 1.29 is 8.78 Å². The first-order valence-corrected chi connectivity index (χ1v) is 6.73. The van der Waals surface area contributed by atoms with E-state index in [0.29, 0.717) is 5.56 Å². The Bertz CT molecular complexity index is 584. The summed E-state index contributed by atoms with van der Waals surface area (Å²) >= 11 is 0. The zero-order valence-corrected chi connectivity index (χ0v) is 11.7. The molecule has 0 aliphatic heterocycles. The summed E-state index contributed by atoms with van der Waals surface area (Å²) in [6.07, 6.45) is 4.30. The standard InChI is InChI=1S/C16H18F2N2/c1-3-8-20-16(13-10-19-9-7-11(13)2)12-5-4-6-14(17)15(12)18/h4-7,9-10,16,20H,3,8H2,1-2H3. The first-order chi connectivity index (χ1) is 9.65. The maximum atomic E-state index is 14.1. The van der Waals surface area contributed by atoms with E-state index in [4.69, 9.17) is 0 Å². The second-order valence-corrected chi connectivity index (χ2v) is 4.76. The second-order valence-electron chi connectivity index (χ2n) is 4.76. The average molecular weight is 276 g/mol. The lowest BCUT2D eigenvalue weighted by Gasteiger charge is -2.21. The van der Waals surface area contributed by atoms with E-state index >= 15 is 0 Å². The zero-order valence-electron chi connectivity index (χ0n) is 11.7. The molecule has 1 aromatic carbocycles. The fourth-order valence-corrected chi connectivity index (χ4v) is 2.20. The van der Waals surface area contributed by atoms with Crippen LogP contribution in [-0.2, 0) is 0 Å². The van der Waals surface area contributed by atoms with Crippen LogP contribution in [0.5, 0.6) is 0 Å². The smallest absolute Gasteiger partial charge is 0.163 e. The van der Waals surface area contributed by atoms with Crippen molar-refractivity contribution in [2.24, 2.45) is 0 Å². The van der Waals surface area contributed by atoms with Crippen LogP contribution in [0.1, 0.15) is 36.1 Å². The minimum atomic E-state index is -0.827. The number of aryl methyl sites for hydroxylation is 1. The van der Waals surface area contributed by atoms with Crippen LogP contribution < -0.4 is 5.32 Å². The number of aromatic nitrogens is 1. The molecule has 0 bridgehead atoms. The third-order valence-corrected chi connectivity index (χ3v) is 3.28. The topological polar surface area (TPSA) is 24.9 Å². The first-order valence-electron chi connectivity index (χ1n) is 6.73. The largest absolute Gasteiger partial charge is 0.306 e. The summed E-state index contributed by atoms with van der Waals surface area (Å²) in [6.45, 7) is 4.69. The number of hydrogen-bond donors (Lipinski definition) is 1. The summed E-state index contributed by atoms with van der Waals surface area (Å²) in [5, 5.41) is 3.26. The predicted molar refractivity (Wildman–Crippen MR) is 75.5 cm³/mol. The molecule has 2 aromatic rings. The Morgan fingerprint density at radius 2 is 2.00 bits per heavy atom. The Kier molecular flexibility index (Phi) is 4.79. The molecule has 20 heavy (non-hydrogen) atoms. The lowest BCUT2D eigenvalue weighted by molar-refractivity contribution is 0.479. The van der Waals surface area contributed by atoms with E-state index < -0.39 is 11.6 Å². The van der Waals surface area contributed by atoms with E-state index in [1.54, 1.807) is 18.5 Å². The van der Waals surface area contributed by atoms with Gasteiger partial charge in [-0.05, 0) is 43.1 Å². The van der Waals surface area contributed by atoms with Crippen molar-refractivity contribution in [3.63, 3.8) is 0 Å². The van der Waals surface area contributed by atoms with E-state index in [-0.39, 0.29) is 6.04 Å². The number of pyridine rings is 1. The molecule has 0 amide bonds. The van der Waals surface area contributed by atoms with Gasteiger partial charge < -0.3 is 5.32 Å². The molecule has 4 heteroatoms. The molecular weight excluding hydrogens is 258 g/mol. The van der Waals surface area contributed by atoms with Gasteiger partial charge in [0.15, 0.2) is 11.6 Å². The van der Waals surface area contributed by atoms with Crippen LogP contribution in [0.4, 0.5) is 8.78 Å². The summed E-state index contributed by atoms with van der Waals surface area (Å²) in [5.74, 6) is -1.63. The van der Waals surface area contributed by atoms with Crippen molar-refractivity contribution in [3.8, 4) is 0 Å². The third-order valence-electron chi connectivity index (χ3n) is 3.28. The van der Waals surface area contributed by atoms with Crippen molar-refractivity contribution in [1.29, 1.82) is 0 Å². The summed E-state index contributed by atoms with van der Waals surface area (Å²) in [4.78, 5) is 4.10. The maximum absolute atomic E-state index is 14.1. The number of nitrogens with zero attached hydrogens (tertiary/aromatic N) is 1. The summed E-state index contributed by atoms with van der Waals surface area (Å²) < 4.78 is 27.5. The Hall–Kier alpha value is -1.81. The lowest BCUT2D eigenvalue weighted by atomic mass is 9.96. The van der Waals surface area contributed by atoms with Crippen molar-refractivity contribution in [2.45, 2.75) is 26.3 Å². The van der Waals surface area contributed by atoms with Crippen molar-refractivity contribution >= 4 is 0 Å². The third kappa shape index (κ3) is 3.02. The molecule has 1 aromatic heterocycles. The van der Waals surface area contributed by atoms with E-state index in [1.807, 2.05) is 19.9 Å². The second kappa shape index (κ2) is 6.57. The molecule has 1 unspecified atom stereocenters. The maximum Gasteiger partial charge on any atom is 0.163 e. The summed E-state index contributed by atoms with van der Waals surface area (Å²) in [7, 11) is 0. The quantitative estimate of drug-likeness (QED) is 0.899. The van der Waals surface area contributed by atoms with Crippen LogP contribution >= 0.6 is 0 Å². The van der Waals surface area contributed by atoms with Crippen LogP contribution in [0.2, 0.25) is 0 Å². The monoisotopic (exact) mass is 276 g/mol. The average Bonchev–Trinajstić information content (AvgIpc) is 2.45. The number of hydrogen-bond acceptors (Lipinski definition) is 2. The molecule has 2 nitrogen and oxygen atoms in total. The Morgan fingerprint density at radius 3 is 2.70 bits per heavy atom. The highest BCUT2D eigenvalue weighted by atomic mass is 19.2. The highest BCUT2D eigenvalue weighted by Gasteiger charge is 2.20. The minimum absolute atomic E-state index is 0.314. The fraction of sp³-hybridized carbons (Fsp3) is 0.312. The molecule has 0 radical (unpaired) electrons. The SMILES string of the molecule is CCCNC(c1cnccc1C)c1cccc(F)c1F. The Morgan fingerprint density at radius 1 is 1.20 bits per heavy atom. The van der Waals surface area contributed by atoms with Gasteiger partial charge in [0.1, 0.15) is 0 Å². The van der Waals surface area contributed by atoms with Crippen LogP contribution in [0.15, 0.2) is 36.7 Å². The molecule has 0 saturated heterocycles. The molecule has 0 spiro atoms. The molecule has 1 N–H and O–H groups in total. The Balaban J connectivity index is 2.47. The zero-order chi connectivity index (χ0) is 14.5. The predicted octanol–water partition coefficient (Wildman–Crippen LogP) is 3.76. The van der Waals surface area contributed by atoms with Gasteiger partial charge in [-0.1, -0.05) is 19.1 Å². The van der Waals surface area contributed by atoms with Gasteiger partial charge in [0, 0.05) is 18.0 Å². The van der Waals surface area contributed by atoms with E-state index in [1.165, 1.54) is 6.07 Å². The first kappa shape index (κ1) is 14.6. The van der Waals surface area contributed by atoms with Crippen molar-refractivity contribution in [3.05, 3.63) is 65.0 Å². The molecule has 106 valence electrons. The van der Waals surface area contributed by atoms with Gasteiger partial charge in [-0.25, -0.2) is 8.78 Å². The van der Waals surface area contributed by atoms with Crippen LogP contribution in [0, 0.1) is 18.6 Å². The highest BCUT2D eigenvalue weighted by molar-refractivity contribution is 5.35. The van der Waals surface area contributed by atoms with E-state index in [0.717, 1.165) is 30.2 Å². The lowest BCUT2D eigenvalue weighted by Crippen LogP contribution is -2.25. The molecule has 2 rings (SSSR count). The summed E-state index contributed by atoms with van der Waals surface area (Å²) in [5.41, 5.74) is 2.18. The van der Waals surface area contributed by atoms with Gasteiger partial charge in [-0.3, -0.25) is 4.98 Å².